The minimum atomic E-state index is 0.184. The fourth-order valence-corrected chi connectivity index (χ4v) is 3.37. The van der Waals surface area contributed by atoms with E-state index in [4.69, 9.17) is 4.74 Å². The highest BCUT2D eigenvalue weighted by Crippen LogP contribution is 2.36. The average molecular weight is 370 g/mol. The van der Waals surface area contributed by atoms with Gasteiger partial charge in [-0.1, -0.05) is 68.3 Å². The van der Waals surface area contributed by atoms with Crippen LogP contribution in [0.5, 0.6) is 5.75 Å². The van der Waals surface area contributed by atoms with Crippen molar-refractivity contribution in [1.82, 2.24) is 0 Å². The van der Waals surface area contributed by atoms with Gasteiger partial charge >= 0.3 is 0 Å². The summed E-state index contributed by atoms with van der Waals surface area (Å²) >= 11 is 7.34. The van der Waals surface area contributed by atoms with Crippen LogP contribution < -0.4 is 4.74 Å². The van der Waals surface area contributed by atoms with E-state index < -0.39 is 0 Å². The fraction of sp³-hybridized carbons (Fsp3) is 0.200. The molecule has 0 fully saturated rings. The summed E-state index contributed by atoms with van der Waals surface area (Å²) in [5, 5.41) is 0. The van der Waals surface area contributed by atoms with Crippen molar-refractivity contribution < 1.29 is 4.74 Å². The molecule has 1 nitrogen and oxygen atoms in total. The maximum absolute atomic E-state index is 5.48. The van der Waals surface area contributed by atoms with Gasteiger partial charge in [-0.15, -0.1) is 0 Å². The molecule has 0 aliphatic carbocycles. The first-order valence-corrected chi connectivity index (χ1v) is 7.54. The normalized spacial score (nSPS) is 12.2. The van der Waals surface area contributed by atoms with E-state index >= 15 is 0 Å². The average Bonchev–Trinajstić information content (AvgIpc) is 2.40. The van der Waals surface area contributed by atoms with Gasteiger partial charge in [0.2, 0.25) is 0 Å². The molecule has 0 bridgehead atoms. The Morgan fingerprint density at radius 2 is 1.83 bits per heavy atom. The highest BCUT2D eigenvalue weighted by Gasteiger charge is 2.13. The Morgan fingerprint density at radius 1 is 1.11 bits per heavy atom. The van der Waals surface area contributed by atoms with Crippen LogP contribution in [0, 0.1) is 0 Å². The van der Waals surface area contributed by atoms with E-state index in [2.05, 4.69) is 50.1 Å². The van der Waals surface area contributed by atoms with E-state index in [1.54, 1.807) is 0 Å². The molecule has 0 N–H and O–H groups in total. The van der Waals surface area contributed by atoms with Gasteiger partial charge in [0.15, 0.2) is 0 Å². The van der Waals surface area contributed by atoms with Crippen molar-refractivity contribution in [2.24, 2.45) is 0 Å². The van der Waals surface area contributed by atoms with Crippen molar-refractivity contribution in [3.05, 3.63) is 64.1 Å². The van der Waals surface area contributed by atoms with Crippen LogP contribution >= 0.6 is 31.9 Å². The second-order valence-corrected chi connectivity index (χ2v) is 5.66. The van der Waals surface area contributed by atoms with Crippen LogP contribution in [-0.4, -0.2) is 6.61 Å². The summed E-state index contributed by atoms with van der Waals surface area (Å²) in [4.78, 5) is 0.184. The van der Waals surface area contributed by atoms with E-state index in [0.29, 0.717) is 6.61 Å². The molecule has 0 heterocycles. The molecule has 0 amide bonds. The van der Waals surface area contributed by atoms with Crippen molar-refractivity contribution in [2.75, 3.05) is 6.61 Å². The Morgan fingerprint density at radius 3 is 2.44 bits per heavy atom. The molecule has 0 saturated heterocycles. The second-order valence-electron chi connectivity index (χ2n) is 3.89. The summed E-state index contributed by atoms with van der Waals surface area (Å²) in [6.45, 7) is 2.67. The predicted octanol–water partition coefficient (Wildman–Crippen LogP) is 5.33. The quantitative estimate of drug-likeness (QED) is 0.661. The Bertz CT molecular complexity index is 511. The Balaban J connectivity index is 2.28. The number of halogens is 2. The maximum Gasteiger partial charge on any atom is 0.120 e. The first-order chi connectivity index (χ1) is 8.72. The summed E-state index contributed by atoms with van der Waals surface area (Å²) in [5.74, 6) is 0.890. The van der Waals surface area contributed by atoms with Crippen LogP contribution in [0.3, 0.4) is 0 Å². The third kappa shape index (κ3) is 3.15. The molecule has 1 atom stereocenters. The molecule has 2 rings (SSSR count). The fourth-order valence-electron chi connectivity index (χ4n) is 1.77. The molecule has 94 valence electrons. The Hall–Kier alpha value is -0.800. The number of benzene rings is 2. The molecule has 0 spiro atoms. The molecule has 0 aromatic heterocycles. The summed E-state index contributed by atoms with van der Waals surface area (Å²) in [6, 6.07) is 16.4. The van der Waals surface area contributed by atoms with Crippen LogP contribution in [0.1, 0.15) is 22.9 Å². The first-order valence-electron chi connectivity index (χ1n) is 5.83. The van der Waals surface area contributed by atoms with E-state index in [-0.39, 0.29) is 4.83 Å². The number of rotatable bonds is 4. The standard InChI is InChI=1S/C15H14Br2O/c1-2-18-12-8-9-13(14(16)10-12)15(17)11-6-4-3-5-7-11/h3-10,15H,2H2,1H3. The van der Waals surface area contributed by atoms with Crippen molar-refractivity contribution in [1.29, 1.82) is 0 Å². The van der Waals surface area contributed by atoms with Gasteiger partial charge in [0.25, 0.3) is 0 Å². The zero-order chi connectivity index (χ0) is 13.0. The molecule has 2 aromatic rings. The van der Waals surface area contributed by atoms with Gasteiger partial charge in [-0.3, -0.25) is 0 Å². The summed E-state index contributed by atoms with van der Waals surface area (Å²) in [7, 11) is 0. The Kier molecular flexibility index (Phi) is 4.84. The third-order valence-electron chi connectivity index (χ3n) is 2.65. The zero-order valence-electron chi connectivity index (χ0n) is 10.1. The lowest BCUT2D eigenvalue weighted by Gasteiger charge is -2.14. The first kappa shape index (κ1) is 13.6. The van der Waals surface area contributed by atoms with Crippen molar-refractivity contribution in [3.63, 3.8) is 0 Å². The summed E-state index contributed by atoms with van der Waals surface area (Å²) < 4.78 is 6.54. The third-order valence-corrected chi connectivity index (χ3v) is 4.36. The highest BCUT2D eigenvalue weighted by atomic mass is 79.9. The second kappa shape index (κ2) is 6.39. The molecule has 1 unspecified atom stereocenters. The van der Waals surface area contributed by atoms with Crippen molar-refractivity contribution in [3.8, 4) is 5.75 Å². The lowest BCUT2D eigenvalue weighted by Crippen LogP contribution is -1.96. The van der Waals surface area contributed by atoms with Gasteiger partial charge in [0, 0.05) is 4.47 Å². The van der Waals surface area contributed by atoms with Crippen LogP contribution in [0.25, 0.3) is 0 Å². The lowest BCUT2D eigenvalue weighted by atomic mass is 10.0. The minimum Gasteiger partial charge on any atom is -0.494 e. The zero-order valence-corrected chi connectivity index (χ0v) is 13.2. The SMILES string of the molecule is CCOc1ccc(C(Br)c2ccccc2)c(Br)c1. The number of hydrogen-bond acceptors (Lipinski definition) is 1. The van der Waals surface area contributed by atoms with Gasteiger partial charge in [0.1, 0.15) is 5.75 Å². The van der Waals surface area contributed by atoms with Gasteiger partial charge in [0.05, 0.1) is 11.4 Å². The largest absolute Gasteiger partial charge is 0.494 e. The van der Waals surface area contributed by atoms with E-state index in [1.807, 2.05) is 37.3 Å². The number of hydrogen-bond donors (Lipinski definition) is 0. The smallest absolute Gasteiger partial charge is 0.120 e. The van der Waals surface area contributed by atoms with Crippen molar-refractivity contribution >= 4 is 31.9 Å². The molecular formula is C15H14Br2O. The van der Waals surface area contributed by atoms with E-state index in [1.165, 1.54) is 11.1 Å². The molecule has 0 aliphatic rings. The molecule has 0 aliphatic heterocycles. The van der Waals surface area contributed by atoms with Crippen LogP contribution in [-0.2, 0) is 0 Å². The van der Waals surface area contributed by atoms with Gasteiger partial charge in [-0.2, -0.15) is 0 Å². The molecule has 3 heteroatoms. The predicted molar refractivity (Wildman–Crippen MR) is 82.5 cm³/mol. The van der Waals surface area contributed by atoms with Crippen LogP contribution in [0.4, 0.5) is 0 Å². The summed E-state index contributed by atoms with van der Waals surface area (Å²) in [6.07, 6.45) is 0. The highest BCUT2D eigenvalue weighted by molar-refractivity contribution is 9.11. The lowest BCUT2D eigenvalue weighted by molar-refractivity contribution is 0.340. The van der Waals surface area contributed by atoms with Gasteiger partial charge in [-0.05, 0) is 30.2 Å². The van der Waals surface area contributed by atoms with E-state index in [0.717, 1.165) is 10.2 Å². The summed E-state index contributed by atoms with van der Waals surface area (Å²) in [5.41, 5.74) is 2.44. The Labute approximate surface area is 124 Å². The molecule has 2 aromatic carbocycles. The molecule has 0 saturated carbocycles. The number of ether oxygens (including phenoxy) is 1. The molecular weight excluding hydrogens is 356 g/mol. The van der Waals surface area contributed by atoms with Gasteiger partial charge < -0.3 is 4.74 Å². The van der Waals surface area contributed by atoms with Crippen LogP contribution in [0.15, 0.2) is 53.0 Å². The van der Waals surface area contributed by atoms with Crippen LogP contribution in [0.2, 0.25) is 0 Å². The van der Waals surface area contributed by atoms with Crippen molar-refractivity contribution in [2.45, 2.75) is 11.8 Å². The van der Waals surface area contributed by atoms with E-state index in [9.17, 15) is 0 Å². The maximum atomic E-state index is 5.48. The molecule has 0 radical (unpaired) electrons. The minimum absolute atomic E-state index is 0.184. The monoisotopic (exact) mass is 368 g/mol. The number of alkyl halides is 1. The van der Waals surface area contributed by atoms with Gasteiger partial charge in [-0.25, -0.2) is 0 Å². The topological polar surface area (TPSA) is 9.23 Å². The molecule has 18 heavy (non-hydrogen) atoms.